The predicted octanol–water partition coefficient (Wildman–Crippen LogP) is 1.43. The van der Waals surface area contributed by atoms with Crippen LogP contribution in [0.5, 0.6) is 5.75 Å². The lowest BCUT2D eigenvalue weighted by Gasteiger charge is -2.15. The molecule has 0 aliphatic rings. The first-order valence-corrected chi connectivity index (χ1v) is 6.29. The largest absolute Gasteiger partial charge is 0.495 e. The summed E-state index contributed by atoms with van der Waals surface area (Å²) in [6.45, 7) is 2.61. The molecule has 0 aromatic heterocycles. The minimum absolute atomic E-state index is 0.102. The molecule has 5 nitrogen and oxygen atoms in total. The number of nitrogens with two attached hydrogens (primary N) is 1. The molecule has 1 unspecified atom stereocenters. The zero-order valence-electron chi connectivity index (χ0n) is 12.1. The number of methoxy groups -OCH3 is 1. The van der Waals surface area contributed by atoms with Crippen molar-refractivity contribution in [3.8, 4) is 5.75 Å². The normalized spacial score (nSPS) is 12.3. The van der Waals surface area contributed by atoms with E-state index in [1.54, 1.807) is 14.0 Å². The van der Waals surface area contributed by atoms with Gasteiger partial charge in [-0.2, -0.15) is 0 Å². The van der Waals surface area contributed by atoms with Crippen molar-refractivity contribution in [1.82, 2.24) is 4.90 Å². The van der Waals surface area contributed by atoms with Crippen molar-refractivity contribution in [3.63, 3.8) is 0 Å². The quantitative estimate of drug-likeness (QED) is 0.816. The van der Waals surface area contributed by atoms with Gasteiger partial charge in [-0.05, 0) is 38.7 Å². The number of ether oxygens (including phenoxy) is 1. The Labute approximate surface area is 114 Å². The van der Waals surface area contributed by atoms with E-state index in [-0.39, 0.29) is 11.9 Å². The first-order chi connectivity index (χ1) is 8.92. The van der Waals surface area contributed by atoms with E-state index in [4.69, 9.17) is 10.5 Å². The number of carbonyl (C=O) groups excluding carboxylic acids is 1. The SMILES string of the molecule is COc1ccc(CN(C)C)cc1NC(=O)CC(C)N. The van der Waals surface area contributed by atoms with Gasteiger partial charge < -0.3 is 20.7 Å². The average molecular weight is 265 g/mol. The van der Waals surface area contributed by atoms with Crippen LogP contribution in [0.3, 0.4) is 0 Å². The van der Waals surface area contributed by atoms with Crippen LogP contribution in [0, 0.1) is 0 Å². The lowest BCUT2D eigenvalue weighted by molar-refractivity contribution is -0.116. The summed E-state index contributed by atoms with van der Waals surface area (Å²) in [5, 5.41) is 2.84. The van der Waals surface area contributed by atoms with Crippen LogP contribution in [0.25, 0.3) is 0 Å². The van der Waals surface area contributed by atoms with Crippen molar-refractivity contribution >= 4 is 11.6 Å². The van der Waals surface area contributed by atoms with Gasteiger partial charge in [-0.3, -0.25) is 4.79 Å². The first kappa shape index (κ1) is 15.5. The Hall–Kier alpha value is -1.59. The monoisotopic (exact) mass is 265 g/mol. The number of anilines is 1. The molecule has 0 saturated carbocycles. The molecule has 0 radical (unpaired) electrons. The third-order valence-electron chi connectivity index (χ3n) is 2.54. The summed E-state index contributed by atoms with van der Waals surface area (Å²) in [7, 11) is 5.58. The van der Waals surface area contributed by atoms with Crippen LogP contribution in [0.2, 0.25) is 0 Å². The molecular formula is C14H23N3O2. The molecule has 1 aromatic rings. The van der Waals surface area contributed by atoms with Crippen LogP contribution in [0.15, 0.2) is 18.2 Å². The fraction of sp³-hybridized carbons (Fsp3) is 0.500. The molecule has 0 fully saturated rings. The van der Waals surface area contributed by atoms with Crippen LogP contribution < -0.4 is 15.8 Å². The van der Waals surface area contributed by atoms with Gasteiger partial charge in [0.25, 0.3) is 0 Å². The van der Waals surface area contributed by atoms with Gasteiger partial charge >= 0.3 is 0 Å². The molecule has 1 aromatic carbocycles. The minimum atomic E-state index is -0.157. The zero-order valence-corrected chi connectivity index (χ0v) is 12.1. The number of rotatable bonds is 6. The Morgan fingerprint density at radius 1 is 1.47 bits per heavy atom. The van der Waals surface area contributed by atoms with E-state index in [2.05, 4.69) is 10.2 Å². The van der Waals surface area contributed by atoms with Gasteiger partial charge in [-0.15, -0.1) is 0 Å². The molecule has 3 N–H and O–H groups in total. The third-order valence-corrected chi connectivity index (χ3v) is 2.54. The Balaban J connectivity index is 2.86. The second-order valence-corrected chi connectivity index (χ2v) is 5.00. The molecule has 19 heavy (non-hydrogen) atoms. The van der Waals surface area contributed by atoms with Crippen molar-refractivity contribution < 1.29 is 9.53 Å². The van der Waals surface area contributed by atoms with Crippen LogP contribution in [0.1, 0.15) is 18.9 Å². The first-order valence-electron chi connectivity index (χ1n) is 6.29. The van der Waals surface area contributed by atoms with Gasteiger partial charge in [0, 0.05) is 19.0 Å². The maximum absolute atomic E-state index is 11.8. The summed E-state index contributed by atoms with van der Waals surface area (Å²) in [6.07, 6.45) is 0.293. The molecule has 0 aliphatic heterocycles. The van der Waals surface area contributed by atoms with Gasteiger partial charge in [0.1, 0.15) is 5.75 Å². The van der Waals surface area contributed by atoms with E-state index in [0.29, 0.717) is 17.9 Å². The number of nitrogens with one attached hydrogen (secondary N) is 1. The number of hydrogen-bond donors (Lipinski definition) is 2. The number of benzene rings is 1. The minimum Gasteiger partial charge on any atom is -0.495 e. The topological polar surface area (TPSA) is 67.6 Å². The second-order valence-electron chi connectivity index (χ2n) is 5.00. The Morgan fingerprint density at radius 2 is 2.16 bits per heavy atom. The summed E-state index contributed by atoms with van der Waals surface area (Å²) in [4.78, 5) is 13.8. The molecule has 5 heteroatoms. The molecule has 1 atom stereocenters. The maximum atomic E-state index is 11.8. The van der Waals surface area contributed by atoms with Crippen LogP contribution in [0.4, 0.5) is 5.69 Å². The molecule has 1 amide bonds. The van der Waals surface area contributed by atoms with Crippen molar-refractivity contribution in [2.45, 2.75) is 25.9 Å². The highest BCUT2D eigenvalue weighted by Gasteiger charge is 2.10. The molecule has 1 rings (SSSR count). The number of hydrogen-bond acceptors (Lipinski definition) is 4. The van der Waals surface area contributed by atoms with Crippen molar-refractivity contribution in [2.24, 2.45) is 5.73 Å². The van der Waals surface area contributed by atoms with Gasteiger partial charge in [-0.1, -0.05) is 6.07 Å². The summed E-state index contributed by atoms with van der Waals surface area (Å²) < 4.78 is 5.25. The molecule has 0 aliphatic carbocycles. The van der Waals surface area contributed by atoms with Crippen LogP contribution >= 0.6 is 0 Å². The van der Waals surface area contributed by atoms with Crippen LogP contribution in [-0.2, 0) is 11.3 Å². The van der Waals surface area contributed by atoms with E-state index in [9.17, 15) is 4.79 Å². The highest BCUT2D eigenvalue weighted by atomic mass is 16.5. The average Bonchev–Trinajstić information content (AvgIpc) is 2.27. The summed E-state index contributed by atoms with van der Waals surface area (Å²) in [5.41, 5.74) is 7.41. The van der Waals surface area contributed by atoms with Crippen molar-refractivity contribution in [2.75, 3.05) is 26.5 Å². The van der Waals surface area contributed by atoms with Crippen molar-refractivity contribution in [3.05, 3.63) is 23.8 Å². The van der Waals surface area contributed by atoms with Gasteiger partial charge in [0.05, 0.1) is 12.8 Å². The molecule has 0 bridgehead atoms. The van der Waals surface area contributed by atoms with E-state index in [1.807, 2.05) is 32.3 Å². The Bertz CT molecular complexity index is 431. The molecular weight excluding hydrogens is 242 g/mol. The summed E-state index contributed by atoms with van der Waals surface area (Å²) >= 11 is 0. The van der Waals surface area contributed by atoms with Gasteiger partial charge in [0.15, 0.2) is 0 Å². The highest BCUT2D eigenvalue weighted by molar-refractivity contribution is 5.92. The summed E-state index contributed by atoms with van der Waals surface area (Å²) in [5.74, 6) is 0.552. The Morgan fingerprint density at radius 3 is 2.68 bits per heavy atom. The Kier molecular flexibility index (Phi) is 5.79. The highest BCUT2D eigenvalue weighted by Crippen LogP contribution is 2.26. The number of amides is 1. The van der Waals surface area contributed by atoms with Gasteiger partial charge in [-0.25, -0.2) is 0 Å². The van der Waals surface area contributed by atoms with Gasteiger partial charge in [0.2, 0.25) is 5.91 Å². The number of carbonyl (C=O) groups is 1. The number of nitrogens with zero attached hydrogens (tertiary/aromatic N) is 1. The maximum Gasteiger partial charge on any atom is 0.226 e. The fourth-order valence-corrected chi connectivity index (χ4v) is 1.81. The third kappa shape index (κ3) is 5.28. The second kappa shape index (κ2) is 7.11. The van der Waals surface area contributed by atoms with E-state index in [0.717, 1.165) is 12.1 Å². The summed E-state index contributed by atoms with van der Waals surface area (Å²) in [6, 6.07) is 5.62. The predicted molar refractivity (Wildman–Crippen MR) is 77.3 cm³/mol. The standard InChI is InChI=1S/C14H23N3O2/c1-10(15)7-14(18)16-12-8-11(9-17(2)3)5-6-13(12)19-4/h5-6,8,10H,7,9,15H2,1-4H3,(H,16,18). The lowest BCUT2D eigenvalue weighted by atomic mass is 10.1. The zero-order chi connectivity index (χ0) is 14.4. The molecule has 0 heterocycles. The molecule has 106 valence electrons. The smallest absolute Gasteiger partial charge is 0.226 e. The van der Waals surface area contributed by atoms with Crippen LogP contribution in [-0.4, -0.2) is 38.1 Å². The van der Waals surface area contributed by atoms with E-state index >= 15 is 0 Å². The lowest BCUT2D eigenvalue weighted by Crippen LogP contribution is -2.24. The fourth-order valence-electron chi connectivity index (χ4n) is 1.81. The van der Waals surface area contributed by atoms with Crippen molar-refractivity contribution in [1.29, 1.82) is 0 Å². The molecule has 0 spiro atoms. The van der Waals surface area contributed by atoms with E-state index in [1.165, 1.54) is 0 Å². The van der Waals surface area contributed by atoms with E-state index < -0.39 is 0 Å². The molecule has 0 saturated heterocycles.